The number of anilines is 2. The zero-order valence-corrected chi connectivity index (χ0v) is 10.1. The van der Waals surface area contributed by atoms with Gasteiger partial charge in [-0.2, -0.15) is 5.10 Å². The molecule has 0 fully saturated rings. The van der Waals surface area contributed by atoms with E-state index in [-0.39, 0.29) is 5.91 Å². The Kier molecular flexibility index (Phi) is 2.64. The number of carbonyl (C=O) groups excluding carboxylic acids is 1. The summed E-state index contributed by atoms with van der Waals surface area (Å²) >= 11 is 0. The average molecular weight is 252 g/mol. The summed E-state index contributed by atoms with van der Waals surface area (Å²) in [4.78, 5) is 12.1. The number of aromatic nitrogens is 2. The molecule has 0 atom stereocenters. The fourth-order valence-electron chi connectivity index (χ4n) is 1.91. The van der Waals surface area contributed by atoms with Crippen LogP contribution in [-0.4, -0.2) is 16.1 Å². The molecule has 5 heteroatoms. The van der Waals surface area contributed by atoms with Gasteiger partial charge in [0.05, 0.1) is 17.4 Å². The van der Waals surface area contributed by atoms with Gasteiger partial charge in [-0.1, -0.05) is 6.07 Å². The van der Waals surface area contributed by atoms with Crippen molar-refractivity contribution in [2.45, 2.75) is 0 Å². The van der Waals surface area contributed by atoms with E-state index in [1.54, 1.807) is 30.5 Å². The Bertz CT molecular complexity index is 731. The summed E-state index contributed by atoms with van der Waals surface area (Å²) < 4.78 is 0. The van der Waals surface area contributed by atoms with Crippen LogP contribution in [0.25, 0.3) is 10.9 Å². The summed E-state index contributed by atoms with van der Waals surface area (Å²) in [5.74, 6) is -0.172. The number of rotatable bonds is 2. The minimum atomic E-state index is -0.172. The quantitative estimate of drug-likeness (QED) is 0.612. The summed E-state index contributed by atoms with van der Waals surface area (Å²) in [6.07, 6.45) is 1.69. The second kappa shape index (κ2) is 4.45. The lowest BCUT2D eigenvalue weighted by Gasteiger charge is -2.06. The Morgan fingerprint density at radius 3 is 2.74 bits per heavy atom. The lowest BCUT2D eigenvalue weighted by Crippen LogP contribution is -2.11. The van der Waals surface area contributed by atoms with Gasteiger partial charge in [-0.05, 0) is 36.4 Å². The van der Waals surface area contributed by atoms with Gasteiger partial charge in [0, 0.05) is 16.6 Å². The molecule has 0 saturated carbocycles. The Morgan fingerprint density at radius 1 is 1.16 bits per heavy atom. The Balaban J connectivity index is 1.90. The summed E-state index contributed by atoms with van der Waals surface area (Å²) in [6, 6.07) is 12.4. The third kappa shape index (κ3) is 2.13. The van der Waals surface area contributed by atoms with Crippen molar-refractivity contribution in [1.82, 2.24) is 10.2 Å². The standard InChI is InChI=1S/C14H12N4O/c15-10-6-4-9(5-7-10)14(19)17-12-2-1-3-13-11(12)8-16-18-13/h1-8H,15H2,(H,16,18)(H,17,19). The van der Waals surface area contributed by atoms with E-state index in [4.69, 9.17) is 5.73 Å². The molecule has 1 amide bonds. The van der Waals surface area contributed by atoms with Crippen LogP contribution in [0.5, 0.6) is 0 Å². The fraction of sp³-hybridized carbons (Fsp3) is 0. The summed E-state index contributed by atoms with van der Waals surface area (Å²) in [7, 11) is 0. The molecule has 0 spiro atoms. The van der Waals surface area contributed by atoms with Crippen LogP contribution in [-0.2, 0) is 0 Å². The van der Waals surface area contributed by atoms with Crippen LogP contribution in [0, 0.1) is 0 Å². The molecule has 0 bridgehead atoms. The summed E-state index contributed by atoms with van der Waals surface area (Å²) in [5.41, 5.74) is 8.41. The van der Waals surface area contributed by atoms with Gasteiger partial charge in [-0.15, -0.1) is 0 Å². The second-order valence-electron chi connectivity index (χ2n) is 4.21. The Hall–Kier alpha value is -2.82. The summed E-state index contributed by atoms with van der Waals surface area (Å²) in [6.45, 7) is 0. The van der Waals surface area contributed by atoms with Crippen LogP contribution in [0.1, 0.15) is 10.4 Å². The first-order chi connectivity index (χ1) is 9.24. The third-order valence-corrected chi connectivity index (χ3v) is 2.91. The van der Waals surface area contributed by atoms with E-state index >= 15 is 0 Å². The molecule has 0 aliphatic carbocycles. The molecule has 1 heterocycles. The number of nitrogen functional groups attached to an aromatic ring is 1. The zero-order chi connectivity index (χ0) is 13.2. The maximum atomic E-state index is 12.1. The van der Waals surface area contributed by atoms with Crippen LogP contribution in [0.2, 0.25) is 0 Å². The molecule has 0 aliphatic rings. The lowest BCUT2D eigenvalue weighted by molar-refractivity contribution is 0.102. The van der Waals surface area contributed by atoms with Crippen LogP contribution < -0.4 is 11.1 Å². The smallest absolute Gasteiger partial charge is 0.255 e. The van der Waals surface area contributed by atoms with E-state index in [0.717, 1.165) is 16.6 Å². The lowest BCUT2D eigenvalue weighted by atomic mass is 10.1. The number of nitrogens with one attached hydrogen (secondary N) is 2. The van der Waals surface area contributed by atoms with E-state index in [2.05, 4.69) is 15.5 Å². The number of carbonyl (C=O) groups is 1. The average Bonchev–Trinajstić information content (AvgIpc) is 2.89. The van der Waals surface area contributed by atoms with Crippen molar-refractivity contribution in [2.75, 3.05) is 11.1 Å². The molecule has 4 N–H and O–H groups in total. The molecule has 0 unspecified atom stereocenters. The first-order valence-electron chi connectivity index (χ1n) is 5.83. The number of nitrogens with two attached hydrogens (primary N) is 1. The van der Waals surface area contributed by atoms with Crippen molar-refractivity contribution in [3.63, 3.8) is 0 Å². The molecule has 0 radical (unpaired) electrons. The van der Waals surface area contributed by atoms with Crippen molar-refractivity contribution in [2.24, 2.45) is 0 Å². The first-order valence-corrected chi connectivity index (χ1v) is 5.83. The minimum Gasteiger partial charge on any atom is -0.399 e. The molecule has 3 rings (SSSR count). The van der Waals surface area contributed by atoms with Crippen molar-refractivity contribution >= 4 is 28.2 Å². The highest BCUT2D eigenvalue weighted by atomic mass is 16.1. The van der Waals surface area contributed by atoms with Crippen molar-refractivity contribution < 1.29 is 4.79 Å². The maximum Gasteiger partial charge on any atom is 0.255 e. The van der Waals surface area contributed by atoms with Gasteiger partial charge >= 0.3 is 0 Å². The highest BCUT2D eigenvalue weighted by Gasteiger charge is 2.08. The van der Waals surface area contributed by atoms with Crippen molar-refractivity contribution in [3.8, 4) is 0 Å². The topological polar surface area (TPSA) is 83.8 Å². The maximum absolute atomic E-state index is 12.1. The highest BCUT2D eigenvalue weighted by molar-refractivity contribution is 6.08. The number of amides is 1. The predicted octanol–water partition coefficient (Wildman–Crippen LogP) is 2.40. The second-order valence-corrected chi connectivity index (χ2v) is 4.21. The molecular formula is C14H12N4O. The highest BCUT2D eigenvalue weighted by Crippen LogP contribution is 2.21. The zero-order valence-electron chi connectivity index (χ0n) is 10.1. The molecule has 2 aromatic carbocycles. The van der Waals surface area contributed by atoms with E-state index in [1.807, 2.05) is 18.2 Å². The number of hydrogen-bond acceptors (Lipinski definition) is 3. The Labute approximate surface area is 109 Å². The Morgan fingerprint density at radius 2 is 1.95 bits per heavy atom. The monoisotopic (exact) mass is 252 g/mol. The predicted molar refractivity (Wildman–Crippen MR) is 74.9 cm³/mol. The fourth-order valence-corrected chi connectivity index (χ4v) is 1.91. The number of aromatic amines is 1. The molecular weight excluding hydrogens is 240 g/mol. The van der Waals surface area contributed by atoms with E-state index in [9.17, 15) is 4.79 Å². The van der Waals surface area contributed by atoms with E-state index < -0.39 is 0 Å². The van der Waals surface area contributed by atoms with Crippen LogP contribution in [0.15, 0.2) is 48.7 Å². The molecule has 0 saturated heterocycles. The molecule has 19 heavy (non-hydrogen) atoms. The first kappa shape index (κ1) is 11.3. The number of benzene rings is 2. The third-order valence-electron chi connectivity index (χ3n) is 2.91. The minimum absolute atomic E-state index is 0.172. The molecule has 0 aliphatic heterocycles. The SMILES string of the molecule is Nc1ccc(C(=O)Nc2cccc3[nH]ncc23)cc1. The normalized spacial score (nSPS) is 10.5. The molecule has 3 aromatic rings. The number of H-pyrrole nitrogens is 1. The van der Waals surface area contributed by atoms with Gasteiger partial charge in [0.1, 0.15) is 0 Å². The summed E-state index contributed by atoms with van der Waals surface area (Å²) in [5, 5.41) is 10.6. The van der Waals surface area contributed by atoms with Gasteiger partial charge < -0.3 is 11.1 Å². The molecule has 1 aromatic heterocycles. The van der Waals surface area contributed by atoms with Crippen molar-refractivity contribution in [3.05, 3.63) is 54.2 Å². The largest absolute Gasteiger partial charge is 0.399 e. The van der Waals surface area contributed by atoms with Crippen LogP contribution in [0.3, 0.4) is 0 Å². The molecule has 94 valence electrons. The van der Waals surface area contributed by atoms with Gasteiger partial charge in [-0.25, -0.2) is 0 Å². The number of fused-ring (bicyclic) bond motifs is 1. The van der Waals surface area contributed by atoms with Gasteiger partial charge in [-0.3, -0.25) is 9.89 Å². The van der Waals surface area contributed by atoms with Crippen LogP contribution in [0.4, 0.5) is 11.4 Å². The van der Waals surface area contributed by atoms with Crippen LogP contribution >= 0.6 is 0 Å². The van der Waals surface area contributed by atoms with E-state index in [0.29, 0.717) is 11.3 Å². The van der Waals surface area contributed by atoms with Crippen molar-refractivity contribution in [1.29, 1.82) is 0 Å². The van der Waals surface area contributed by atoms with E-state index in [1.165, 1.54) is 0 Å². The van der Waals surface area contributed by atoms with Gasteiger partial charge in [0.25, 0.3) is 5.91 Å². The van der Waals surface area contributed by atoms with Gasteiger partial charge in [0.2, 0.25) is 0 Å². The number of nitrogens with zero attached hydrogens (tertiary/aromatic N) is 1. The molecule has 5 nitrogen and oxygen atoms in total. The number of hydrogen-bond donors (Lipinski definition) is 3. The van der Waals surface area contributed by atoms with Gasteiger partial charge in [0.15, 0.2) is 0 Å².